The summed E-state index contributed by atoms with van der Waals surface area (Å²) in [6.45, 7) is 17.4. The van der Waals surface area contributed by atoms with Crippen LogP contribution in [0.5, 0.6) is 0 Å². The second-order valence-electron chi connectivity index (χ2n) is 9.09. The van der Waals surface area contributed by atoms with Gasteiger partial charge in [0.05, 0.1) is 0 Å². The molecule has 174 valence electrons. The summed E-state index contributed by atoms with van der Waals surface area (Å²) in [5, 5.41) is 2.44. The summed E-state index contributed by atoms with van der Waals surface area (Å²) < 4.78 is 20.3. The van der Waals surface area contributed by atoms with Gasteiger partial charge in [0.25, 0.3) is 0 Å². The lowest BCUT2D eigenvalue weighted by Crippen LogP contribution is -2.46. The van der Waals surface area contributed by atoms with Crippen molar-refractivity contribution in [3.63, 3.8) is 0 Å². The number of amides is 1. The highest BCUT2D eigenvalue weighted by Gasteiger charge is 2.31. The monoisotopic (exact) mass is 441 g/mol. The van der Waals surface area contributed by atoms with Crippen molar-refractivity contribution in [1.82, 2.24) is 5.32 Å². The number of halogens is 1. The zero-order valence-corrected chi connectivity index (χ0v) is 20.3. The van der Waals surface area contributed by atoms with Crippen molar-refractivity contribution < 1.29 is 18.7 Å². The van der Waals surface area contributed by atoms with Crippen LogP contribution in [-0.2, 0) is 14.3 Å². The van der Waals surface area contributed by atoms with Crippen molar-refractivity contribution in [2.75, 3.05) is 0 Å². The van der Waals surface area contributed by atoms with Crippen LogP contribution in [0.2, 0.25) is 0 Å². The van der Waals surface area contributed by atoms with Gasteiger partial charge in [0.2, 0.25) is 12.1 Å². The fourth-order valence-corrected chi connectivity index (χ4v) is 2.94. The van der Waals surface area contributed by atoms with Crippen LogP contribution in [0, 0.1) is 18.2 Å². The number of ether oxygens (including phenoxy) is 1. The van der Waals surface area contributed by atoms with Crippen molar-refractivity contribution in [2.24, 2.45) is 5.41 Å². The maximum absolute atomic E-state index is 14.1. The molecule has 0 spiro atoms. The Hall–Kier alpha value is -2.95. The quantitative estimate of drug-likeness (QED) is 0.186. The van der Waals surface area contributed by atoms with Crippen molar-refractivity contribution >= 4 is 18.3 Å². The van der Waals surface area contributed by atoms with Crippen LogP contribution in [0.25, 0.3) is 5.57 Å². The van der Waals surface area contributed by atoms with E-state index in [1.54, 1.807) is 13.0 Å². The Balaban J connectivity index is 3.68. The van der Waals surface area contributed by atoms with Gasteiger partial charge in [0.15, 0.2) is 6.29 Å². The van der Waals surface area contributed by atoms with Crippen molar-refractivity contribution in [2.45, 2.75) is 67.0 Å². The van der Waals surface area contributed by atoms with Gasteiger partial charge in [-0.3, -0.25) is 9.59 Å². The van der Waals surface area contributed by atoms with E-state index in [9.17, 15) is 14.0 Å². The van der Waals surface area contributed by atoms with Gasteiger partial charge in [0.1, 0.15) is 11.6 Å². The van der Waals surface area contributed by atoms with E-state index in [1.165, 1.54) is 13.0 Å². The first-order valence-corrected chi connectivity index (χ1v) is 10.8. The summed E-state index contributed by atoms with van der Waals surface area (Å²) in [5.41, 5.74) is 1.43. The lowest BCUT2D eigenvalue weighted by atomic mass is 9.82. The van der Waals surface area contributed by atoms with Gasteiger partial charge in [-0.2, -0.15) is 0 Å². The van der Waals surface area contributed by atoms with E-state index in [2.05, 4.69) is 18.8 Å². The van der Waals surface area contributed by atoms with E-state index in [4.69, 9.17) is 4.74 Å². The number of allylic oxidation sites excluding steroid dienone is 6. The zero-order chi connectivity index (χ0) is 24.5. The highest BCUT2D eigenvalue weighted by molar-refractivity contribution is 5.74. The number of rotatable bonds is 11. The highest BCUT2D eigenvalue weighted by Crippen LogP contribution is 2.37. The minimum absolute atomic E-state index is 0.302. The number of carbonyl (C=O) groups excluding carboxylic acids is 2. The predicted molar refractivity (Wildman–Crippen MR) is 129 cm³/mol. The van der Waals surface area contributed by atoms with E-state index in [1.807, 2.05) is 52.0 Å². The maximum Gasteiger partial charge on any atom is 0.236 e. The summed E-state index contributed by atoms with van der Waals surface area (Å²) in [6, 6.07) is 4.99. The van der Waals surface area contributed by atoms with Gasteiger partial charge in [-0.15, -0.1) is 0 Å². The number of aldehydes is 1. The number of benzene rings is 1. The van der Waals surface area contributed by atoms with E-state index in [0.29, 0.717) is 35.2 Å². The summed E-state index contributed by atoms with van der Waals surface area (Å²) in [5.74, 6) is 0.159. The normalized spacial score (nSPS) is 15.1. The molecule has 0 aliphatic rings. The molecule has 1 rings (SSSR count). The Kier molecular flexibility index (Phi) is 9.82. The molecule has 0 aliphatic heterocycles. The summed E-state index contributed by atoms with van der Waals surface area (Å²) in [4.78, 5) is 22.8. The van der Waals surface area contributed by atoms with E-state index in [-0.39, 0.29) is 5.82 Å². The molecule has 5 heteroatoms. The maximum atomic E-state index is 14.1. The predicted octanol–water partition coefficient (Wildman–Crippen LogP) is 6.43. The molecule has 0 heterocycles. The van der Waals surface area contributed by atoms with Crippen LogP contribution in [0.1, 0.15) is 65.5 Å². The van der Waals surface area contributed by atoms with Gasteiger partial charge < -0.3 is 10.1 Å². The van der Waals surface area contributed by atoms with Crippen molar-refractivity contribution in [3.8, 4) is 0 Å². The standard InChI is InChI=1S/C27H36FNO3/c1-9-10-11-12-20(3)25(32-27(8,17-30)29-18-31)23(26(5,6)7)15-21(4)22-14-13-19(2)24(28)16-22/h11-18H,4,9-10H2,1-3,5-8H3,(H,29,31)/b12-11+,23-15+,25-20-. The summed E-state index contributed by atoms with van der Waals surface area (Å²) in [7, 11) is 0. The SMILES string of the molecule is C=C(\C=C(/C(OC(C)(C=O)NC=O)=C(C)/C=C/CCC)C(C)(C)C)c1ccc(C)c(F)c1. The van der Waals surface area contributed by atoms with Crippen LogP contribution in [-0.4, -0.2) is 18.4 Å². The third kappa shape index (κ3) is 7.63. The Morgan fingerprint density at radius 3 is 2.38 bits per heavy atom. The third-order valence-corrected chi connectivity index (χ3v) is 4.98. The van der Waals surface area contributed by atoms with Crippen molar-refractivity contribution in [1.29, 1.82) is 0 Å². The molecule has 1 unspecified atom stereocenters. The molecule has 1 aromatic rings. The number of carbonyl (C=O) groups is 2. The zero-order valence-electron chi connectivity index (χ0n) is 20.3. The molecule has 1 amide bonds. The van der Waals surface area contributed by atoms with Crippen LogP contribution in [0.4, 0.5) is 4.39 Å². The molecule has 1 atom stereocenters. The number of hydrogen-bond acceptors (Lipinski definition) is 3. The van der Waals surface area contributed by atoms with E-state index in [0.717, 1.165) is 24.0 Å². The lowest BCUT2D eigenvalue weighted by Gasteiger charge is -2.32. The van der Waals surface area contributed by atoms with Crippen LogP contribution in [0.15, 0.2) is 59.9 Å². The molecule has 32 heavy (non-hydrogen) atoms. The average molecular weight is 442 g/mol. The topological polar surface area (TPSA) is 55.4 Å². The molecule has 4 nitrogen and oxygen atoms in total. The van der Waals surface area contributed by atoms with Gasteiger partial charge in [-0.05, 0) is 60.1 Å². The number of aryl methyl sites for hydroxylation is 1. The highest BCUT2D eigenvalue weighted by atomic mass is 19.1. The molecular formula is C27H36FNO3. The second-order valence-corrected chi connectivity index (χ2v) is 9.09. The minimum Gasteiger partial charge on any atom is -0.461 e. The lowest BCUT2D eigenvalue weighted by molar-refractivity contribution is -0.133. The Morgan fingerprint density at radius 1 is 1.22 bits per heavy atom. The molecule has 0 radical (unpaired) electrons. The number of unbranched alkanes of at least 4 members (excludes halogenated alkanes) is 1. The minimum atomic E-state index is -1.54. The van der Waals surface area contributed by atoms with Gasteiger partial charge in [-0.25, -0.2) is 4.39 Å². The first-order valence-electron chi connectivity index (χ1n) is 10.8. The first kappa shape index (κ1) is 27.1. The van der Waals surface area contributed by atoms with Crippen molar-refractivity contribution in [3.05, 3.63) is 76.9 Å². The average Bonchev–Trinajstić information content (AvgIpc) is 2.72. The Bertz CT molecular complexity index is 935. The van der Waals surface area contributed by atoms with Gasteiger partial charge >= 0.3 is 0 Å². The molecule has 1 aromatic carbocycles. The molecule has 0 bridgehead atoms. The fraction of sp³-hybridized carbons (Fsp3) is 0.407. The molecule has 0 saturated heterocycles. The molecular weight excluding hydrogens is 405 g/mol. The van der Waals surface area contributed by atoms with E-state index >= 15 is 0 Å². The first-order chi connectivity index (χ1) is 14.9. The molecule has 0 fully saturated rings. The second kappa shape index (κ2) is 11.6. The summed E-state index contributed by atoms with van der Waals surface area (Å²) in [6.07, 6.45) is 8.70. The largest absolute Gasteiger partial charge is 0.461 e. The van der Waals surface area contributed by atoms with Crippen LogP contribution < -0.4 is 5.32 Å². The third-order valence-electron chi connectivity index (χ3n) is 4.98. The Morgan fingerprint density at radius 2 is 1.88 bits per heavy atom. The van der Waals surface area contributed by atoms with Crippen LogP contribution >= 0.6 is 0 Å². The van der Waals surface area contributed by atoms with Gasteiger partial charge in [-0.1, -0.05) is 65.0 Å². The number of hydrogen-bond donors (Lipinski definition) is 1. The molecule has 0 saturated carbocycles. The molecule has 1 N–H and O–H groups in total. The fourth-order valence-electron chi connectivity index (χ4n) is 2.94. The smallest absolute Gasteiger partial charge is 0.236 e. The molecule has 0 aromatic heterocycles. The van der Waals surface area contributed by atoms with Crippen LogP contribution in [0.3, 0.4) is 0 Å². The van der Waals surface area contributed by atoms with Gasteiger partial charge in [0, 0.05) is 12.5 Å². The molecule has 0 aliphatic carbocycles. The number of nitrogens with one attached hydrogen (secondary N) is 1. The summed E-state index contributed by atoms with van der Waals surface area (Å²) >= 11 is 0. The Labute approximate surface area is 191 Å². The van der Waals surface area contributed by atoms with E-state index < -0.39 is 11.1 Å².